The highest BCUT2D eigenvalue weighted by Gasteiger charge is 2.09. The first-order chi connectivity index (χ1) is 35.6. The first kappa shape index (κ1) is 76.3. The second-order valence-electron chi connectivity index (χ2n) is 20.3. The Hall–Kier alpha value is -3.23. The summed E-state index contributed by atoms with van der Waals surface area (Å²) in [5, 5.41) is 0. The molecule has 4 aromatic rings. The van der Waals surface area contributed by atoms with Crippen molar-refractivity contribution in [2.24, 2.45) is 5.92 Å². The highest BCUT2D eigenvalue weighted by atomic mass is 19.1. The molecule has 2 heteroatoms. The summed E-state index contributed by atoms with van der Waals surface area (Å²) in [7, 11) is 4.21. The van der Waals surface area contributed by atoms with Crippen molar-refractivity contribution in [1.29, 1.82) is 0 Å². The standard InChI is InChI=1S/C11H16.C10H14.C9H11F.C8H16.C8H10.C8H18.C6H15N.C6H14.C5H12/c1-2-3-5-8-11-9-6-4-7-10-11;1-2-3-7-10-8-5-4-6-9-10;1-2-3-8-4-6-9(10)7-5-8;2*1-2-8-6-4-3-5-7-8;1-3-5-7-8-6-4-2;1-4-5-6-7(2)3;1-3-5-6-4-2;1-3-5-4-2/h4,6-7,9-10H,2-3,5,8H2,1H3;4-6,8-9H,2-3,7H2,1H3;4-7H,2-3H2,1H3;8H,2-7H2,1H3;3-7H,2H2,1H3;3-8H2,1-2H3;4-6H2,1-3H3;3-6H2,1-2H3;3-5H2,1-2H3. The van der Waals surface area contributed by atoms with E-state index in [1.54, 1.807) is 0 Å². The van der Waals surface area contributed by atoms with Crippen molar-refractivity contribution in [2.45, 2.75) is 282 Å². The fourth-order valence-corrected chi connectivity index (χ4v) is 7.68. The molecule has 0 radical (unpaired) electrons. The maximum Gasteiger partial charge on any atom is 0.123 e. The zero-order valence-electron chi connectivity index (χ0n) is 51.5. The number of hydrogen-bond donors (Lipinski definition) is 0. The van der Waals surface area contributed by atoms with E-state index < -0.39 is 0 Å². The van der Waals surface area contributed by atoms with Crippen molar-refractivity contribution in [3.63, 3.8) is 0 Å². The topological polar surface area (TPSA) is 3.24 Å². The molecule has 4 aromatic carbocycles. The Labute approximate surface area is 459 Å². The third-order valence-electron chi connectivity index (χ3n) is 12.7. The van der Waals surface area contributed by atoms with Crippen LogP contribution in [0.2, 0.25) is 0 Å². The van der Waals surface area contributed by atoms with Gasteiger partial charge in [-0.1, -0.05) is 340 Å². The zero-order valence-corrected chi connectivity index (χ0v) is 51.5. The van der Waals surface area contributed by atoms with Crippen molar-refractivity contribution >= 4 is 0 Å². The van der Waals surface area contributed by atoms with Crippen LogP contribution in [0.4, 0.5) is 4.39 Å². The molecule has 1 saturated carbocycles. The molecule has 1 fully saturated rings. The SMILES string of the molecule is CCC1CCCCC1.CCCCC.CCCCCC.CCCCCCCC.CCCCCc1ccccc1.CCCCN(C)C.CCCCc1ccccc1.CCCc1ccc(F)cc1.CCc1ccccc1. The Kier molecular flexibility index (Phi) is 69.8. The Morgan fingerprint density at radius 3 is 1.00 bits per heavy atom. The molecule has 5 rings (SSSR count). The molecule has 0 amide bonds. The van der Waals surface area contributed by atoms with E-state index in [-0.39, 0.29) is 5.82 Å². The highest BCUT2D eigenvalue weighted by molar-refractivity contribution is 5.17. The largest absolute Gasteiger partial charge is 0.309 e. The third-order valence-corrected chi connectivity index (χ3v) is 12.7. The van der Waals surface area contributed by atoms with Crippen molar-refractivity contribution < 1.29 is 4.39 Å². The molecule has 1 aliphatic carbocycles. The van der Waals surface area contributed by atoms with Gasteiger partial charge in [-0.15, -0.1) is 0 Å². The van der Waals surface area contributed by atoms with E-state index in [9.17, 15) is 4.39 Å². The minimum atomic E-state index is -0.153. The summed E-state index contributed by atoms with van der Waals surface area (Å²) in [6.45, 7) is 27.9. The molecule has 0 N–H and O–H groups in total. The minimum Gasteiger partial charge on any atom is -0.309 e. The van der Waals surface area contributed by atoms with E-state index in [0.29, 0.717) is 0 Å². The molecule has 0 atom stereocenters. The number of benzene rings is 4. The number of aryl methyl sites for hydroxylation is 4. The van der Waals surface area contributed by atoms with Gasteiger partial charge in [0.05, 0.1) is 0 Å². The van der Waals surface area contributed by atoms with Crippen LogP contribution in [-0.2, 0) is 25.7 Å². The van der Waals surface area contributed by atoms with Gasteiger partial charge in [0.25, 0.3) is 0 Å². The van der Waals surface area contributed by atoms with Crippen LogP contribution in [0.25, 0.3) is 0 Å². The van der Waals surface area contributed by atoms with Crippen LogP contribution < -0.4 is 0 Å². The summed E-state index contributed by atoms with van der Waals surface area (Å²) in [5.41, 5.74) is 5.56. The fourth-order valence-electron chi connectivity index (χ4n) is 7.68. The molecule has 1 aliphatic rings. The Morgan fingerprint density at radius 1 is 0.342 bits per heavy atom. The van der Waals surface area contributed by atoms with Gasteiger partial charge in [0.15, 0.2) is 0 Å². The Morgan fingerprint density at radius 2 is 0.699 bits per heavy atom. The first-order valence-electron chi connectivity index (χ1n) is 31.1. The molecular weight excluding hydrogens is 886 g/mol. The smallest absolute Gasteiger partial charge is 0.123 e. The average molecular weight is 1010 g/mol. The first-order valence-corrected chi connectivity index (χ1v) is 31.1. The van der Waals surface area contributed by atoms with Gasteiger partial charge in [0, 0.05) is 0 Å². The molecule has 0 saturated heterocycles. The highest BCUT2D eigenvalue weighted by Crippen LogP contribution is 2.25. The summed E-state index contributed by atoms with van der Waals surface area (Å²) in [5.74, 6) is 0.934. The number of halogens is 1. The minimum absolute atomic E-state index is 0.153. The van der Waals surface area contributed by atoms with Gasteiger partial charge >= 0.3 is 0 Å². The second kappa shape index (κ2) is 66.8. The van der Waals surface area contributed by atoms with Crippen LogP contribution in [0.1, 0.15) is 279 Å². The maximum absolute atomic E-state index is 12.3. The van der Waals surface area contributed by atoms with Crippen LogP contribution in [-0.4, -0.2) is 25.5 Å². The van der Waals surface area contributed by atoms with Gasteiger partial charge in [0.1, 0.15) is 5.82 Å². The molecule has 1 nitrogen and oxygen atoms in total. The van der Waals surface area contributed by atoms with Crippen LogP contribution in [0.5, 0.6) is 0 Å². The van der Waals surface area contributed by atoms with Crippen molar-refractivity contribution in [2.75, 3.05) is 20.6 Å². The molecule has 0 heterocycles. The van der Waals surface area contributed by atoms with Gasteiger partial charge in [-0.05, 0) is 106 Å². The number of rotatable bonds is 24. The van der Waals surface area contributed by atoms with E-state index in [0.717, 1.165) is 25.2 Å². The summed E-state index contributed by atoms with van der Waals surface area (Å²) in [4.78, 5) is 2.21. The summed E-state index contributed by atoms with van der Waals surface area (Å²) in [6, 6.07) is 38.5. The average Bonchev–Trinajstić information content (AvgIpc) is 3.44. The molecule has 0 aromatic heterocycles. The van der Waals surface area contributed by atoms with Gasteiger partial charge in [-0.3, -0.25) is 0 Å². The summed E-state index contributed by atoms with van der Waals surface area (Å²) < 4.78 is 12.3. The van der Waals surface area contributed by atoms with Crippen LogP contribution >= 0.6 is 0 Å². The number of unbranched alkanes of at least 4 members (excludes halogenated alkanes) is 14. The van der Waals surface area contributed by atoms with Crippen molar-refractivity contribution in [1.82, 2.24) is 4.90 Å². The lowest BCUT2D eigenvalue weighted by Gasteiger charge is -2.18. The van der Waals surface area contributed by atoms with Crippen molar-refractivity contribution in [3.8, 4) is 0 Å². The Balaban J connectivity index is -0.000000370. The summed E-state index contributed by atoms with van der Waals surface area (Å²) in [6.07, 6.45) is 42.0. The lowest BCUT2D eigenvalue weighted by Crippen LogP contribution is -2.12. The molecule has 0 unspecified atom stereocenters. The number of nitrogens with zero attached hydrogens (tertiary/aromatic N) is 1. The van der Waals surface area contributed by atoms with Gasteiger partial charge in [-0.25, -0.2) is 4.39 Å². The molecule has 73 heavy (non-hydrogen) atoms. The quantitative estimate of drug-likeness (QED) is 0.0632. The summed E-state index contributed by atoms with van der Waals surface area (Å²) >= 11 is 0. The van der Waals surface area contributed by atoms with Crippen LogP contribution in [0.3, 0.4) is 0 Å². The Bertz CT molecular complexity index is 1470. The number of hydrogen-bond acceptors (Lipinski definition) is 1. The normalized spacial score (nSPS) is 11.1. The molecule has 422 valence electrons. The van der Waals surface area contributed by atoms with Crippen LogP contribution in [0, 0.1) is 11.7 Å². The molecule has 0 aliphatic heterocycles. The van der Waals surface area contributed by atoms with Gasteiger partial charge in [-0.2, -0.15) is 0 Å². The third kappa shape index (κ3) is 64.8. The molecule has 0 spiro atoms. The lowest BCUT2D eigenvalue weighted by atomic mass is 9.88. The predicted octanol–water partition coefficient (Wildman–Crippen LogP) is 24.0. The van der Waals surface area contributed by atoms with Gasteiger partial charge in [0.2, 0.25) is 0 Å². The van der Waals surface area contributed by atoms with E-state index in [2.05, 4.69) is 187 Å². The zero-order chi connectivity index (χ0) is 55.1. The van der Waals surface area contributed by atoms with E-state index in [4.69, 9.17) is 0 Å². The maximum atomic E-state index is 12.3. The molecule has 0 bridgehead atoms. The molecular formula is C71H126FN. The van der Waals surface area contributed by atoms with E-state index in [1.807, 2.05) is 18.2 Å². The second-order valence-corrected chi connectivity index (χ2v) is 20.3. The lowest BCUT2D eigenvalue weighted by molar-refractivity contribution is 0.349. The fraction of sp³-hybridized carbons (Fsp3) is 0.662. The monoisotopic (exact) mass is 1010 g/mol. The van der Waals surface area contributed by atoms with Crippen LogP contribution in [0.15, 0.2) is 115 Å². The predicted molar refractivity (Wildman–Crippen MR) is 335 cm³/mol. The van der Waals surface area contributed by atoms with E-state index in [1.165, 1.54) is 221 Å². The van der Waals surface area contributed by atoms with E-state index >= 15 is 0 Å². The van der Waals surface area contributed by atoms with Gasteiger partial charge < -0.3 is 4.90 Å². The van der Waals surface area contributed by atoms with Crippen molar-refractivity contribution in [3.05, 3.63) is 143 Å².